The van der Waals surface area contributed by atoms with E-state index in [1.165, 1.54) is 57.2 Å². The lowest BCUT2D eigenvalue weighted by atomic mass is 9.89. The predicted octanol–water partition coefficient (Wildman–Crippen LogP) is 2.84. The van der Waals surface area contributed by atoms with Crippen molar-refractivity contribution in [3.8, 4) is 0 Å². The van der Waals surface area contributed by atoms with Gasteiger partial charge in [0.1, 0.15) is 0 Å². The van der Waals surface area contributed by atoms with Crippen molar-refractivity contribution in [1.29, 1.82) is 0 Å². The van der Waals surface area contributed by atoms with E-state index in [-0.39, 0.29) is 0 Å². The normalized spacial score (nSPS) is 28.2. The highest BCUT2D eigenvalue weighted by Gasteiger charge is 2.17. The molecule has 0 radical (unpaired) electrons. The molecule has 2 N–H and O–H groups in total. The molecular weight excluding hydrogens is 232 g/mol. The second kappa shape index (κ2) is 6.53. The van der Waals surface area contributed by atoms with Crippen LogP contribution in [0.1, 0.15) is 49.1 Å². The number of nitrogens with one attached hydrogen (secondary N) is 2. The van der Waals surface area contributed by atoms with Gasteiger partial charge in [0.05, 0.1) is 0 Å². The van der Waals surface area contributed by atoms with Gasteiger partial charge in [0, 0.05) is 12.6 Å². The molecule has 0 aliphatic carbocycles. The SMILES string of the molecule is c1cc(CC2CCCCN2)cc(C2CCCNC2)c1. The quantitative estimate of drug-likeness (QED) is 0.871. The van der Waals surface area contributed by atoms with Crippen molar-refractivity contribution in [1.82, 2.24) is 10.6 Å². The third-order valence-corrected chi connectivity index (χ3v) is 4.61. The first-order valence-corrected chi connectivity index (χ1v) is 7.95. The van der Waals surface area contributed by atoms with Gasteiger partial charge in [0.25, 0.3) is 0 Å². The summed E-state index contributed by atoms with van der Waals surface area (Å²) in [5.41, 5.74) is 3.06. The van der Waals surface area contributed by atoms with E-state index in [1.807, 2.05) is 0 Å². The van der Waals surface area contributed by atoms with Gasteiger partial charge < -0.3 is 10.6 Å². The van der Waals surface area contributed by atoms with E-state index >= 15 is 0 Å². The Hall–Kier alpha value is -0.860. The molecule has 19 heavy (non-hydrogen) atoms. The molecule has 0 bridgehead atoms. The molecular formula is C17H26N2. The Morgan fingerprint density at radius 2 is 2.05 bits per heavy atom. The molecule has 2 heteroatoms. The van der Waals surface area contributed by atoms with E-state index in [2.05, 4.69) is 34.9 Å². The number of piperidine rings is 2. The smallest absolute Gasteiger partial charge is 0.0107 e. The number of rotatable bonds is 3. The van der Waals surface area contributed by atoms with E-state index in [0.29, 0.717) is 6.04 Å². The number of hydrogen-bond acceptors (Lipinski definition) is 2. The van der Waals surface area contributed by atoms with Gasteiger partial charge >= 0.3 is 0 Å². The molecule has 1 aromatic carbocycles. The standard InChI is InChI=1S/C17H26N2/c1-2-10-19-17(8-1)12-14-5-3-6-15(11-14)16-7-4-9-18-13-16/h3,5-6,11,16-19H,1-2,4,7-10,12-13H2. The van der Waals surface area contributed by atoms with Crippen molar-refractivity contribution in [2.75, 3.05) is 19.6 Å². The minimum Gasteiger partial charge on any atom is -0.316 e. The Labute approximate surface area is 117 Å². The first-order valence-electron chi connectivity index (χ1n) is 7.95. The van der Waals surface area contributed by atoms with Crippen LogP contribution in [0.4, 0.5) is 0 Å². The van der Waals surface area contributed by atoms with Gasteiger partial charge in [-0.05, 0) is 62.2 Å². The van der Waals surface area contributed by atoms with Crippen LogP contribution in [-0.2, 0) is 6.42 Å². The van der Waals surface area contributed by atoms with Crippen molar-refractivity contribution in [3.05, 3.63) is 35.4 Å². The molecule has 2 aliphatic rings. The van der Waals surface area contributed by atoms with Crippen LogP contribution in [0, 0.1) is 0 Å². The molecule has 2 aliphatic heterocycles. The van der Waals surface area contributed by atoms with E-state index in [0.717, 1.165) is 12.5 Å². The first kappa shape index (κ1) is 13.1. The van der Waals surface area contributed by atoms with Gasteiger partial charge in [-0.1, -0.05) is 30.7 Å². The zero-order chi connectivity index (χ0) is 12.9. The minimum atomic E-state index is 0.702. The maximum absolute atomic E-state index is 3.65. The van der Waals surface area contributed by atoms with Gasteiger partial charge in [-0.3, -0.25) is 0 Å². The molecule has 0 saturated carbocycles. The summed E-state index contributed by atoms with van der Waals surface area (Å²) in [7, 11) is 0. The van der Waals surface area contributed by atoms with Crippen LogP contribution in [0.3, 0.4) is 0 Å². The fourth-order valence-corrected chi connectivity index (χ4v) is 3.49. The fraction of sp³-hybridized carbons (Fsp3) is 0.647. The van der Waals surface area contributed by atoms with Crippen molar-refractivity contribution in [3.63, 3.8) is 0 Å². The summed E-state index contributed by atoms with van der Waals surface area (Å²) in [6, 6.07) is 10.0. The zero-order valence-electron chi connectivity index (χ0n) is 11.8. The summed E-state index contributed by atoms with van der Waals surface area (Å²) in [6.45, 7) is 3.56. The summed E-state index contributed by atoms with van der Waals surface area (Å²) < 4.78 is 0. The fourth-order valence-electron chi connectivity index (χ4n) is 3.49. The Morgan fingerprint density at radius 1 is 1.05 bits per heavy atom. The molecule has 2 atom stereocenters. The molecule has 2 nitrogen and oxygen atoms in total. The zero-order valence-corrected chi connectivity index (χ0v) is 11.8. The van der Waals surface area contributed by atoms with Gasteiger partial charge in [-0.2, -0.15) is 0 Å². The van der Waals surface area contributed by atoms with E-state index < -0.39 is 0 Å². The van der Waals surface area contributed by atoms with Crippen LogP contribution in [0.25, 0.3) is 0 Å². The largest absolute Gasteiger partial charge is 0.316 e. The summed E-state index contributed by atoms with van der Waals surface area (Å²) in [4.78, 5) is 0. The van der Waals surface area contributed by atoms with Crippen molar-refractivity contribution in [2.45, 2.75) is 50.5 Å². The number of hydrogen-bond donors (Lipinski definition) is 2. The maximum atomic E-state index is 3.65. The third kappa shape index (κ3) is 3.58. The molecule has 0 spiro atoms. The lowest BCUT2D eigenvalue weighted by Crippen LogP contribution is -2.35. The van der Waals surface area contributed by atoms with Gasteiger partial charge in [0.2, 0.25) is 0 Å². The summed E-state index contributed by atoms with van der Waals surface area (Å²) in [5, 5.41) is 7.18. The van der Waals surface area contributed by atoms with Crippen molar-refractivity contribution in [2.24, 2.45) is 0 Å². The molecule has 104 valence electrons. The average molecular weight is 258 g/mol. The topological polar surface area (TPSA) is 24.1 Å². The lowest BCUT2D eigenvalue weighted by Gasteiger charge is -2.25. The minimum absolute atomic E-state index is 0.702. The Kier molecular flexibility index (Phi) is 4.52. The van der Waals surface area contributed by atoms with Crippen LogP contribution in [-0.4, -0.2) is 25.7 Å². The van der Waals surface area contributed by atoms with E-state index in [4.69, 9.17) is 0 Å². The Morgan fingerprint density at radius 3 is 2.84 bits per heavy atom. The van der Waals surface area contributed by atoms with Gasteiger partial charge in [-0.15, -0.1) is 0 Å². The second-order valence-corrected chi connectivity index (χ2v) is 6.14. The Balaban J connectivity index is 1.64. The molecule has 2 fully saturated rings. The van der Waals surface area contributed by atoms with E-state index in [1.54, 1.807) is 5.56 Å². The highest BCUT2D eigenvalue weighted by molar-refractivity contribution is 5.27. The molecule has 2 heterocycles. The second-order valence-electron chi connectivity index (χ2n) is 6.14. The third-order valence-electron chi connectivity index (χ3n) is 4.61. The van der Waals surface area contributed by atoms with Crippen LogP contribution in [0.15, 0.2) is 24.3 Å². The van der Waals surface area contributed by atoms with Crippen LogP contribution in [0.2, 0.25) is 0 Å². The average Bonchev–Trinajstić information content (AvgIpc) is 2.49. The first-order chi connectivity index (χ1) is 9.42. The molecule has 0 aromatic heterocycles. The molecule has 2 unspecified atom stereocenters. The highest BCUT2D eigenvalue weighted by atomic mass is 14.9. The maximum Gasteiger partial charge on any atom is 0.0107 e. The predicted molar refractivity (Wildman–Crippen MR) is 80.6 cm³/mol. The van der Waals surface area contributed by atoms with E-state index in [9.17, 15) is 0 Å². The Bertz CT molecular complexity index is 390. The van der Waals surface area contributed by atoms with Crippen LogP contribution >= 0.6 is 0 Å². The summed E-state index contributed by atoms with van der Waals surface area (Å²) in [5.74, 6) is 0.730. The molecule has 1 aromatic rings. The van der Waals surface area contributed by atoms with Crippen molar-refractivity contribution < 1.29 is 0 Å². The van der Waals surface area contributed by atoms with Crippen LogP contribution < -0.4 is 10.6 Å². The van der Waals surface area contributed by atoms with Gasteiger partial charge in [-0.25, -0.2) is 0 Å². The highest BCUT2D eigenvalue weighted by Crippen LogP contribution is 2.24. The number of benzene rings is 1. The summed E-state index contributed by atoms with van der Waals surface area (Å²) >= 11 is 0. The molecule has 0 amide bonds. The van der Waals surface area contributed by atoms with Crippen LogP contribution in [0.5, 0.6) is 0 Å². The summed E-state index contributed by atoms with van der Waals surface area (Å²) in [6.07, 6.45) is 7.95. The van der Waals surface area contributed by atoms with Gasteiger partial charge in [0.15, 0.2) is 0 Å². The van der Waals surface area contributed by atoms with Crippen molar-refractivity contribution >= 4 is 0 Å². The molecule has 3 rings (SSSR count). The molecule has 2 saturated heterocycles. The monoisotopic (exact) mass is 258 g/mol. The lowest BCUT2D eigenvalue weighted by molar-refractivity contribution is 0.399.